The summed E-state index contributed by atoms with van der Waals surface area (Å²) >= 11 is -11.4. The van der Waals surface area contributed by atoms with Crippen LogP contribution in [0.15, 0.2) is 0 Å². The molecule has 74 valence electrons. The van der Waals surface area contributed by atoms with Crippen LogP contribution in [0.3, 0.4) is 0 Å². The van der Waals surface area contributed by atoms with Crippen molar-refractivity contribution in [2.45, 2.75) is 0 Å². The topological polar surface area (TPSA) is 179 Å². The second-order valence-electron chi connectivity index (χ2n) is 0.792. The molecular weight excluding hydrogens is 445 g/mol. The Hall–Kier alpha value is 2.26. The molecule has 0 aromatic rings. The average Bonchev–Trinajstić information content (AvgIpc) is 1.12. The van der Waals surface area contributed by atoms with Crippen molar-refractivity contribution >= 4 is 18.9 Å². The van der Waals surface area contributed by atoms with Gasteiger partial charge >= 0.3 is 59.0 Å². The molecule has 0 saturated heterocycles. The van der Waals surface area contributed by atoms with Gasteiger partial charge in [-0.25, -0.2) is 0 Å². The molecule has 0 rings (SSSR count). The van der Waals surface area contributed by atoms with E-state index in [4.69, 9.17) is 27.5 Å². The van der Waals surface area contributed by atoms with Crippen LogP contribution in [0.4, 0.5) is 0 Å². The average molecular weight is 448 g/mol. The molecule has 0 heterocycles. The minimum absolute atomic E-state index is 0. The first-order valence-electron chi connectivity index (χ1n) is 1.26. The summed E-state index contributed by atoms with van der Waals surface area (Å²) in [5, 5.41) is 0. The van der Waals surface area contributed by atoms with Gasteiger partial charge in [-0.3, -0.25) is 20.6 Å². The maximum atomic E-state index is 8.73. The molecule has 0 saturated carbocycles. The predicted molar refractivity (Wildman–Crippen MR) is 11.6 cm³/mol. The van der Waals surface area contributed by atoms with Crippen LogP contribution in [0, 0.1) is 0 Å². The van der Waals surface area contributed by atoms with E-state index in [9.17, 15) is 0 Å². The summed E-state index contributed by atoms with van der Waals surface area (Å²) in [6, 6.07) is 0. The van der Waals surface area contributed by atoms with Gasteiger partial charge in [0.25, 0.3) is 0 Å². The van der Waals surface area contributed by atoms with Crippen molar-refractivity contribution < 1.29 is 84.7 Å². The van der Waals surface area contributed by atoms with Crippen LogP contribution in [-0.2, 0) is 17.1 Å². The Morgan fingerprint density at radius 1 is 0.667 bits per heavy atom. The zero-order chi connectivity index (χ0) is 9.00. The van der Waals surface area contributed by atoms with Crippen LogP contribution in [-0.4, -0.2) is 25.7 Å². The standard InChI is InChI=1S/Fe.2HIO4.Li.H/c;2*2-1(3,4)5;;/h;2*2H;;. The molecule has 0 spiro atoms. The summed E-state index contributed by atoms with van der Waals surface area (Å²) < 4.78 is 66.4. The number of rotatable bonds is 0. The number of hydrogen-bond acceptors (Lipinski definition) is 8. The summed E-state index contributed by atoms with van der Waals surface area (Å²) in [6.07, 6.45) is 0. The molecule has 0 aliphatic carbocycles. The number of hydrogen-bond donors (Lipinski definition) is 2. The van der Waals surface area contributed by atoms with E-state index in [-0.39, 0.29) is 35.9 Å². The van der Waals surface area contributed by atoms with E-state index in [2.05, 4.69) is 0 Å². The largest absolute Gasteiger partial charge is 0.368 e. The van der Waals surface area contributed by atoms with Gasteiger partial charge in [0.2, 0.25) is 0 Å². The Balaban J connectivity index is -0.0000000457. The van der Waals surface area contributed by atoms with Crippen molar-refractivity contribution in [3.63, 3.8) is 0 Å². The first kappa shape index (κ1) is 23.8. The fourth-order valence-corrected chi connectivity index (χ4v) is 0. The van der Waals surface area contributed by atoms with Crippen molar-refractivity contribution in [1.82, 2.24) is 0 Å². The van der Waals surface area contributed by atoms with Gasteiger partial charge in [-0.1, -0.05) is 0 Å². The summed E-state index contributed by atoms with van der Waals surface area (Å²) in [5.41, 5.74) is 0. The van der Waals surface area contributed by atoms with E-state index in [1.165, 1.54) is 0 Å². The van der Waals surface area contributed by atoms with E-state index in [0.717, 1.165) is 0 Å². The summed E-state index contributed by atoms with van der Waals surface area (Å²) in [4.78, 5) is 0. The van der Waals surface area contributed by atoms with Crippen LogP contribution in [0.25, 0.3) is 0 Å². The quantitative estimate of drug-likeness (QED) is 0.271. The van der Waals surface area contributed by atoms with Crippen LogP contribution >= 0.6 is 0 Å². The third-order valence-electron chi connectivity index (χ3n) is 0. The SMILES string of the molecule is [Fe].[LiH].[O-][I+3]([O-])([O-])O.[O-][I+3]([O-])([O-])O. The second-order valence-corrected chi connectivity index (χ2v) is 5.31. The van der Waals surface area contributed by atoms with Crippen LogP contribution in [0.5, 0.6) is 0 Å². The third-order valence-corrected chi connectivity index (χ3v) is 0. The fourth-order valence-electron chi connectivity index (χ4n) is 0. The van der Waals surface area contributed by atoms with Crippen LogP contribution in [0.1, 0.15) is 0 Å². The smallest absolute Gasteiger partial charge is 0.256 e. The minimum Gasteiger partial charge on any atom is -0.256 e. The summed E-state index contributed by atoms with van der Waals surface area (Å²) in [7, 11) is 0. The van der Waals surface area contributed by atoms with Gasteiger partial charge in [-0.05, 0) is 0 Å². The molecule has 8 nitrogen and oxygen atoms in total. The van der Waals surface area contributed by atoms with Crippen molar-refractivity contribution in [2.75, 3.05) is 0 Å². The molecule has 12 heavy (non-hydrogen) atoms. The first-order chi connectivity index (χ1) is 4.00. The molecule has 0 radical (unpaired) electrons. The Kier molecular flexibility index (Phi) is 19.4. The fraction of sp³-hybridized carbons (Fsp3) is 0. The molecule has 0 fully saturated rings. The Bertz CT molecular complexity index is 60.0. The van der Waals surface area contributed by atoms with Gasteiger partial charge in [-0.15, -0.1) is 0 Å². The normalized spacial score (nSPS) is 10.0. The Labute approximate surface area is 102 Å². The van der Waals surface area contributed by atoms with E-state index in [0.29, 0.717) is 0 Å². The maximum Gasteiger partial charge on any atom is 0.368 e. The van der Waals surface area contributed by atoms with E-state index in [1.54, 1.807) is 0 Å². The van der Waals surface area contributed by atoms with Gasteiger partial charge in [0.15, 0.2) is 0 Å². The molecule has 0 aliphatic heterocycles. The molecule has 0 aliphatic rings. The molecule has 0 aromatic carbocycles. The molecule has 12 heteroatoms. The molecule has 0 aromatic heterocycles. The van der Waals surface area contributed by atoms with Gasteiger partial charge in [0.1, 0.15) is 0 Å². The first-order valence-corrected chi connectivity index (χ1v) is 8.48. The maximum absolute atomic E-state index is 8.73. The molecular formula is H3FeI2LiO8. The molecule has 2 N–H and O–H groups in total. The minimum atomic E-state index is -5.69. The third kappa shape index (κ3) is 305. The summed E-state index contributed by atoms with van der Waals surface area (Å²) in [6.45, 7) is 0. The van der Waals surface area contributed by atoms with Crippen molar-refractivity contribution in [3.8, 4) is 0 Å². The molecule has 0 bridgehead atoms. The Morgan fingerprint density at radius 3 is 0.667 bits per heavy atom. The zero-order valence-electron chi connectivity index (χ0n) is 4.45. The van der Waals surface area contributed by atoms with Gasteiger partial charge < -0.3 is 0 Å². The molecule has 0 amide bonds. The number of halogens is 2. The second kappa shape index (κ2) is 9.80. The van der Waals surface area contributed by atoms with Crippen molar-refractivity contribution in [2.24, 2.45) is 0 Å². The van der Waals surface area contributed by atoms with E-state index in [1.807, 2.05) is 0 Å². The Morgan fingerprint density at radius 2 is 0.667 bits per heavy atom. The van der Waals surface area contributed by atoms with Gasteiger partial charge in [0.05, 0.1) is 0 Å². The molecule has 0 atom stereocenters. The summed E-state index contributed by atoms with van der Waals surface area (Å²) in [5.74, 6) is 0. The van der Waals surface area contributed by atoms with Crippen LogP contribution in [0.2, 0.25) is 0 Å². The van der Waals surface area contributed by atoms with Crippen molar-refractivity contribution in [1.29, 1.82) is 0 Å². The van der Waals surface area contributed by atoms with Crippen LogP contribution < -0.4 is 60.8 Å². The van der Waals surface area contributed by atoms with Crippen molar-refractivity contribution in [3.05, 3.63) is 0 Å². The van der Waals surface area contributed by atoms with Gasteiger partial charge in [0, 0.05) is 23.9 Å². The van der Waals surface area contributed by atoms with E-state index < -0.39 is 40.2 Å². The van der Waals surface area contributed by atoms with E-state index >= 15 is 0 Å². The predicted octanol–water partition coefficient (Wildman–Crippen LogP) is -14.9. The van der Waals surface area contributed by atoms with Gasteiger partial charge in [-0.2, -0.15) is 0 Å². The zero-order valence-corrected chi connectivity index (χ0v) is 9.87. The monoisotopic (exact) mass is 448 g/mol. The molecule has 0 unspecified atom stereocenters.